The molecule has 3 nitrogen and oxygen atoms in total. The standard InChI is InChI=1S/C22H26O3/c1-4-15-24-21-13-11-20(12-14-21)19-9-7-18(8-10-19)6-5-16-25-22(23)17(2)3/h7-14H,2,4-6,15-16H2,1,3H3. The molecule has 0 aliphatic heterocycles. The van der Waals surface area contributed by atoms with Gasteiger partial charge in [0, 0.05) is 5.57 Å². The highest BCUT2D eigenvalue weighted by Crippen LogP contribution is 2.23. The first kappa shape index (κ1) is 18.8. The summed E-state index contributed by atoms with van der Waals surface area (Å²) in [4.78, 5) is 11.3. The smallest absolute Gasteiger partial charge is 0.333 e. The third-order valence-corrected chi connectivity index (χ3v) is 3.81. The maximum atomic E-state index is 11.3. The van der Waals surface area contributed by atoms with Crippen LogP contribution >= 0.6 is 0 Å². The molecule has 0 saturated heterocycles. The molecule has 3 heteroatoms. The van der Waals surface area contributed by atoms with E-state index in [-0.39, 0.29) is 5.97 Å². The predicted molar refractivity (Wildman–Crippen MR) is 102 cm³/mol. The minimum absolute atomic E-state index is 0.318. The maximum Gasteiger partial charge on any atom is 0.333 e. The molecule has 0 aromatic heterocycles. The monoisotopic (exact) mass is 338 g/mol. The Morgan fingerprint density at radius 3 is 2.12 bits per heavy atom. The Kier molecular flexibility index (Phi) is 7.27. The van der Waals surface area contributed by atoms with E-state index < -0.39 is 0 Å². The fourth-order valence-corrected chi connectivity index (χ4v) is 2.39. The molecular formula is C22H26O3. The van der Waals surface area contributed by atoms with Crippen LogP contribution in [0.3, 0.4) is 0 Å². The van der Waals surface area contributed by atoms with Crippen LogP contribution in [0.4, 0.5) is 0 Å². The van der Waals surface area contributed by atoms with E-state index in [0.29, 0.717) is 12.2 Å². The third kappa shape index (κ3) is 6.11. The molecule has 0 radical (unpaired) electrons. The Balaban J connectivity index is 1.85. The average molecular weight is 338 g/mol. The molecule has 0 heterocycles. The first-order valence-corrected chi connectivity index (χ1v) is 8.75. The van der Waals surface area contributed by atoms with Gasteiger partial charge in [0.05, 0.1) is 13.2 Å². The van der Waals surface area contributed by atoms with Crippen molar-refractivity contribution in [2.75, 3.05) is 13.2 Å². The zero-order valence-corrected chi connectivity index (χ0v) is 15.1. The third-order valence-electron chi connectivity index (χ3n) is 3.81. The van der Waals surface area contributed by atoms with Crippen LogP contribution in [0.1, 0.15) is 32.3 Å². The molecule has 0 aliphatic rings. The highest BCUT2D eigenvalue weighted by molar-refractivity contribution is 5.86. The molecular weight excluding hydrogens is 312 g/mol. The number of hydrogen-bond donors (Lipinski definition) is 0. The maximum absolute atomic E-state index is 11.3. The van der Waals surface area contributed by atoms with Crippen LogP contribution in [0.2, 0.25) is 0 Å². The fraction of sp³-hybridized carbons (Fsp3) is 0.318. The quantitative estimate of drug-likeness (QED) is 0.358. The normalized spacial score (nSPS) is 10.3. The summed E-state index contributed by atoms with van der Waals surface area (Å²) in [5, 5.41) is 0. The van der Waals surface area contributed by atoms with Crippen LogP contribution in [-0.4, -0.2) is 19.2 Å². The first-order chi connectivity index (χ1) is 12.1. The lowest BCUT2D eigenvalue weighted by atomic mass is 10.0. The van der Waals surface area contributed by atoms with Gasteiger partial charge in [-0.05, 0) is 55.0 Å². The molecule has 132 valence electrons. The summed E-state index contributed by atoms with van der Waals surface area (Å²) >= 11 is 0. The van der Waals surface area contributed by atoms with Crippen molar-refractivity contribution in [3.05, 3.63) is 66.2 Å². The molecule has 0 bridgehead atoms. The van der Waals surface area contributed by atoms with Gasteiger partial charge in [0.2, 0.25) is 0 Å². The molecule has 0 aliphatic carbocycles. The molecule has 2 rings (SSSR count). The van der Waals surface area contributed by atoms with Crippen molar-refractivity contribution >= 4 is 5.97 Å². The van der Waals surface area contributed by atoms with Gasteiger partial charge in [-0.25, -0.2) is 4.79 Å². The lowest BCUT2D eigenvalue weighted by Gasteiger charge is -2.08. The lowest BCUT2D eigenvalue weighted by Crippen LogP contribution is -2.06. The van der Waals surface area contributed by atoms with Gasteiger partial charge < -0.3 is 9.47 Å². The molecule has 0 atom stereocenters. The molecule has 0 spiro atoms. The molecule has 2 aromatic carbocycles. The Labute approximate surface area is 150 Å². The van der Waals surface area contributed by atoms with Gasteiger partial charge in [-0.2, -0.15) is 0 Å². The minimum Gasteiger partial charge on any atom is -0.494 e. The molecule has 0 N–H and O–H groups in total. The first-order valence-electron chi connectivity index (χ1n) is 8.75. The van der Waals surface area contributed by atoms with Crippen molar-refractivity contribution in [2.45, 2.75) is 33.1 Å². The molecule has 0 saturated carbocycles. The summed E-state index contributed by atoms with van der Waals surface area (Å²) in [7, 11) is 0. The molecule has 0 unspecified atom stereocenters. The number of ether oxygens (including phenoxy) is 2. The van der Waals surface area contributed by atoms with Crippen LogP contribution in [-0.2, 0) is 16.0 Å². The minimum atomic E-state index is -0.318. The number of esters is 1. The number of hydrogen-bond acceptors (Lipinski definition) is 3. The average Bonchev–Trinajstić information content (AvgIpc) is 2.64. The van der Waals surface area contributed by atoms with E-state index in [1.54, 1.807) is 6.92 Å². The summed E-state index contributed by atoms with van der Waals surface area (Å²) < 4.78 is 10.7. The van der Waals surface area contributed by atoms with E-state index in [0.717, 1.165) is 31.6 Å². The van der Waals surface area contributed by atoms with Gasteiger partial charge in [-0.1, -0.05) is 49.9 Å². The molecule has 0 amide bonds. The molecule has 0 fully saturated rings. The van der Waals surface area contributed by atoms with E-state index in [1.165, 1.54) is 16.7 Å². The Morgan fingerprint density at radius 1 is 0.960 bits per heavy atom. The van der Waals surface area contributed by atoms with E-state index in [9.17, 15) is 4.79 Å². The summed E-state index contributed by atoms with van der Waals surface area (Å²) in [5.74, 6) is 0.591. The topological polar surface area (TPSA) is 35.5 Å². The number of benzene rings is 2. The van der Waals surface area contributed by atoms with Gasteiger partial charge in [-0.15, -0.1) is 0 Å². The second-order valence-corrected chi connectivity index (χ2v) is 6.09. The van der Waals surface area contributed by atoms with Crippen molar-refractivity contribution in [2.24, 2.45) is 0 Å². The second-order valence-electron chi connectivity index (χ2n) is 6.09. The largest absolute Gasteiger partial charge is 0.494 e. The fourth-order valence-electron chi connectivity index (χ4n) is 2.39. The van der Waals surface area contributed by atoms with E-state index in [2.05, 4.69) is 49.9 Å². The zero-order chi connectivity index (χ0) is 18.1. The number of carbonyl (C=O) groups is 1. The number of carbonyl (C=O) groups excluding carboxylic acids is 1. The summed E-state index contributed by atoms with van der Waals surface area (Å²) in [6, 6.07) is 16.7. The predicted octanol–water partition coefficient (Wildman–Crippen LogP) is 5.19. The van der Waals surface area contributed by atoms with Crippen LogP contribution in [0.25, 0.3) is 11.1 Å². The molecule has 2 aromatic rings. The summed E-state index contributed by atoms with van der Waals surface area (Å²) in [5.41, 5.74) is 4.03. The van der Waals surface area contributed by atoms with Crippen molar-refractivity contribution in [3.63, 3.8) is 0 Å². The Hall–Kier alpha value is -2.55. The summed E-state index contributed by atoms with van der Waals surface area (Å²) in [6.07, 6.45) is 2.70. The van der Waals surface area contributed by atoms with Crippen molar-refractivity contribution in [3.8, 4) is 16.9 Å². The van der Waals surface area contributed by atoms with Crippen molar-refractivity contribution in [1.29, 1.82) is 0 Å². The van der Waals surface area contributed by atoms with Gasteiger partial charge >= 0.3 is 5.97 Å². The Morgan fingerprint density at radius 2 is 1.56 bits per heavy atom. The number of rotatable bonds is 9. The molecule has 25 heavy (non-hydrogen) atoms. The highest BCUT2D eigenvalue weighted by Gasteiger charge is 2.03. The van der Waals surface area contributed by atoms with Crippen molar-refractivity contribution < 1.29 is 14.3 Å². The van der Waals surface area contributed by atoms with Crippen LogP contribution in [0.15, 0.2) is 60.7 Å². The van der Waals surface area contributed by atoms with Gasteiger partial charge in [0.15, 0.2) is 0 Å². The van der Waals surface area contributed by atoms with E-state index in [4.69, 9.17) is 9.47 Å². The van der Waals surface area contributed by atoms with Crippen LogP contribution < -0.4 is 4.74 Å². The Bertz CT molecular complexity index is 684. The van der Waals surface area contributed by atoms with Crippen molar-refractivity contribution in [1.82, 2.24) is 0 Å². The van der Waals surface area contributed by atoms with E-state index >= 15 is 0 Å². The number of aryl methyl sites for hydroxylation is 1. The highest BCUT2D eigenvalue weighted by atomic mass is 16.5. The van der Waals surface area contributed by atoms with Gasteiger partial charge in [-0.3, -0.25) is 0 Å². The SMILES string of the molecule is C=C(C)C(=O)OCCCc1ccc(-c2ccc(OCCC)cc2)cc1. The summed E-state index contributed by atoms with van der Waals surface area (Å²) in [6.45, 7) is 8.49. The zero-order valence-electron chi connectivity index (χ0n) is 15.1. The van der Waals surface area contributed by atoms with Crippen LogP contribution in [0, 0.1) is 0 Å². The lowest BCUT2D eigenvalue weighted by molar-refractivity contribution is -0.139. The van der Waals surface area contributed by atoms with Crippen LogP contribution in [0.5, 0.6) is 5.75 Å². The van der Waals surface area contributed by atoms with E-state index in [1.807, 2.05) is 12.1 Å². The van der Waals surface area contributed by atoms with Gasteiger partial charge in [0.25, 0.3) is 0 Å². The second kappa shape index (κ2) is 9.67. The van der Waals surface area contributed by atoms with Gasteiger partial charge in [0.1, 0.15) is 5.75 Å².